The van der Waals surface area contributed by atoms with Gasteiger partial charge in [-0.2, -0.15) is 0 Å². The second-order valence-corrected chi connectivity index (χ2v) is 5.00. The Labute approximate surface area is 105 Å². The highest BCUT2D eigenvalue weighted by Crippen LogP contribution is 2.43. The van der Waals surface area contributed by atoms with Gasteiger partial charge >= 0.3 is 0 Å². The molecule has 1 aromatic rings. The average molecular weight is 252 g/mol. The van der Waals surface area contributed by atoms with Crippen molar-refractivity contribution in [1.29, 1.82) is 0 Å². The summed E-state index contributed by atoms with van der Waals surface area (Å²) in [5, 5.41) is 23.8. The Morgan fingerprint density at radius 1 is 1.56 bits per heavy atom. The summed E-state index contributed by atoms with van der Waals surface area (Å²) in [6.07, 6.45) is -0.210. The summed E-state index contributed by atoms with van der Waals surface area (Å²) in [6, 6.07) is 2.94. The third-order valence-corrected chi connectivity index (χ3v) is 3.02. The molecule has 1 unspecified atom stereocenters. The van der Waals surface area contributed by atoms with E-state index >= 15 is 0 Å². The molecule has 6 nitrogen and oxygen atoms in total. The Hall–Kier alpha value is -1.82. The van der Waals surface area contributed by atoms with Crippen LogP contribution >= 0.6 is 0 Å². The van der Waals surface area contributed by atoms with Crippen molar-refractivity contribution in [3.63, 3.8) is 0 Å². The molecule has 18 heavy (non-hydrogen) atoms. The summed E-state index contributed by atoms with van der Waals surface area (Å²) in [5.41, 5.74) is 0.382. The van der Waals surface area contributed by atoms with Gasteiger partial charge in [-0.15, -0.1) is 0 Å². The molecule has 0 amide bonds. The fraction of sp³-hybridized carbons (Fsp3) is 0.500. The predicted octanol–water partition coefficient (Wildman–Crippen LogP) is 2.23. The maximum absolute atomic E-state index is 11.0. The van der Waals surface area contributed by atoms with Crippen LogP contribution in [0.2, 0.25) is 0 Å². The normalized spacial score (nSPS) is 20.8. The second kappa shape index (κ2) is 4.13. The number of aliphatic hydroxyl groups is 1. The van der Waals surface area contributed by atoms with Gasteiger partial charge in [-0.3, -0.25) is 10.1 Å². The van der Waals surface area contributed by atoms with Crippen LogP contribution in [0.25, 0.3) is 0 Å². The SMILES string of the molecule is CNc1cc2c(cc1[N+](=O)[O-])OC(C)(C)CC2O. The lowest BCUT2D eigenvalue weighted by Gasteiger charge is -2.35. The van der Waals surface area contributed by atoms with Gasteiger partial charge < -0.3 is 15.2 Å². The fourth-order valence-electron chi connectivity index (χ4n) is 2.20. The van der Waals surface area contributed by atoms with Gasteiger partial charge in [0.2, 0.25) is 0 Å². The molecule has 0 bridgehead atoms. The fourth-order valence-corrected chi connectivity index (χ4v) is 2.20. The Morgan fingerprint density at radius 3 is 2.78 bits per heavy atom. The van der Waals surface area contributed by atoms with Gasteiger partial charge in [0.1, 0.15) is 17.0 Å². The topological polar surface area (TPSA) is 84.6 Å². The van der Waals surface area contributed by atoms with Crippen molar-refractivity contribution in [1.82, 2.24) is 0 Å². The molecule has 1 heterocycles. The number of nitro benzene ring substituents is 1. The maximum atomic E-state index is 11.0. The summed E-state index contributed by atoms with van der Waals surface area (Å²) in [4.78, 5) is 10.5. The quantitative estimate of drug-likeness (QED) is 0.622. The van der Waals surface area contributed by atoms with Crippen LogP contribution in [0.1, 0.15) is 31.9 Å². The molecule has 0 aliphatic carbocycles. The highest BCUT2D eigenvalue weighted by molar-refractivity contribution is 5.66. The molecule has 1 atom stereocenters. The number of aliphatic hydroxyl groups excluding tert-OH is 1. The number of anilines is 1. The highest BCUT2D eigenvalue weighted by atomic mass is 16.6. The van der Waals surface area contributed by atoms with E-state index in [2.05, 4.69) is 5.32 Å². The lowest BCUT2D eigenvalue weighted by molar-refractivity contribution is -0.384. The van der Waals surface area contributed by atoms with E-state index in [1.165, 1.54) is 6.07 Å². The molecule has 0 saturated heterocycles. The Bertz CT molecular complexity index is 499. The molecule has 0 fully saturated rings. The molecule has 2 N–H and O–H groups in total. The van der Waals surface area contributed by atoms with E-state index in [1.807, 2.05) is 13.8 Å². The Balaban J connectivity index is 2.56. The van der Waals surface area contributed by atoms with Crippen molar-refractivity contribution in [3.8, 4) is 5.75 Å². The molecular weight excluding hydrogens is 236 g/mol. The van der Waals surface area contributed by atoms with Crippen LogP contribution in [-0.2, 0) is 0 Å². The summed E-state index contributed by atoms with van der Waals surface area (Å²) in [7, 11) is 1.61. The molecular formula is C12H16N2O4. The zero-order valence-electron chi connectivity index (χ0n) is 10.6. The molecule has 6 heteroatoms. The Kier molecular flexibility index (Phi) is 2.90. The van der Waals surface area contributed by atoms with Crippen molar-refractivity contribution < 1.29 is 14.8 Å². The van der Waals surface area contributed by atoms with Gasteiger partial charge in [0.05, 0.1) is 17.1 Å². The largest absolute Gasteiger partial charge is 0.487 e. The first-order chi connectivity index (χ1) is 8.34. The van der Waals surface area contributed by atoms with Gasteiger partial charge in [0.15, 0.2) is 0 Å². The number of rotatable bonds is 2. The molecule has 0 spiro atoms. The number of ether oxygens (including phenoxy) is 1. The number of hydrogen-bond donors (Lipinski definition) is 2. The molecule has 0 saturated carbocycles. The van der Waals surface area contributed by atoms with Gasteiger partial charge in [-0.1, -0.05) is 0 Å². The van der Waals surface area contributed by atoms with Crippen molar-refractivity contribution >= 4 is 11.4 Å². The van der Waals surface area contributed by atoms with Crippen molar-refractivity contribution in [2.24, 2.45) is 0 Å². The minimum atomic E-state index is -0.670. The number of nitrogens with one attached hydrogen (secondary N) is 1. The third-order valence-electron chi connectivity index (χ3n) is 3.02. The molecule has 0 aromatic heterocycles. The van der Waals surface area contributed by atoms with Gasteiger partial charge in [0.25, 0.3) is 5.69 Å². The number of hydrogen-bond acceptors (Lipinski definition) is 5. The van der Waals surface area contributed by atoms with Gasteiger partial charge in [-0.05, 0) is 19.9 Å². The standard InChI is InChI=1S/C12H16N2O4/c1-12(2)6-10(15)7-4-8(13-3)9(14(16)17)5-11(7)18-12/h4-5,10,13,15H,6H2,1-3H3. The number of fused-ring (bicyclic) bond motifs is 1. The first kappa shape index (κ1) is 12.6. The van der Waals surface area contributed by atoms with Gasteiger partial charge in [0, 0.05) is 19.0 Å². The van der Waals surface area contributed by atoms with Crippen molar-refractivity contribution in [2.75, 3.05) is 12.4 Å². The van der Waals surface area contributed by atoms with Crippen molar-refractivity contribution in [3.05, 3.63) is 27.8 Å². The molecule has 98 valence electrons. The summed E-state index contributed by atoms with van der Waals surface area (Å²) >= 11 is 0. The summed E-state index contributed by atoms with van der Waals surface area (Å²) < 4.78 is 5.69. The molecule has 1 aromatic carbocycles. The van der Waals surface area contributed by atoms with Crippen LogP contribution in [0, 0.1) is 10.1 Å². The van der Waals surface area contributed by atoms with Crippen LogP contribution in [0.4, 0.5) is 11.4 Å². The molecule has 2 rings (SSSR count). The van der Waals surface area contributed by atoms with Crippen molar-refractivity contribution in [2.45, 2.75) is 32.0 Å². The van der Waals surface area contributed by atoms with Crippen LogP contribution < -0.4 is 10.1 Å². The van der Waals surface area contributed by atoms with E-state index in [1.54, 1.807) is 13.1 Å². The summed E-state index contributed by atoms with van der Waals surface area (Å²) in [6.45, 7) is 3.69. The van der Waals surface area contributed by atoms with Crippen LogP contribution in [0.5, 0.6) is 5.75 Å². The first-order valence-electron chi connectivity index (χ1n) is 5.71. The lowest BCUT2D eigenvalue weighted by Crippen LogP contribution is -2.34. The van der Waals surface area contributed by atoms with Gasteiger partial charge in [-0.25, -0.2) is 0 Å². The van der Waals surface area contributed by atoms with Crippen LogP contribution in [0.3, 0.4) is 0 Å². The van der Waals surface area contributed by atoms with E-state index in [0.717, 1.165) is 0 Å². The maximum Gasteiger partial charge on any atom is 0.296 e. The van der Waals surface area contributed by atoms with E-state index in [0.29, 0.717) is 23.4 Å². The number of nitro groups is 1. The van der Waals surface area contributed by atoms with Crippen LogP contribution in [-0.4, -0.2) is 22.7 Å². The minimum Gasteiger partial charge on any atom is -0.487 e. The zero-order chi connectivity index (χ0) is 13.5. The highest BCUT2D eigenvalue weighted by Gasteiger charge is 2.34. The number of benzene rings is 1. The monoisotopic (exact) mass is 252 g/mol. The van der Waals surface area contributed by atoms with E-state index in [9.17, 15) is 15.2 Å². The Morgan fingerprint density at radius 2 is 2.22 bits per heavy atom. The van der Waals surface area contributed by atoms with E-state index in [-0.39, 0.29) is 5.69 Å². The average Bonchev–Trinajstić information content (AvgIpc) is 2.25. The second-order valence-electron chi connectivity index (χ2n) is 5.00. The number of nitrogens with zero attached hydrogens (tertiary/aromatic N) is 1. The minimum absolute atomic E-state index is 0.0545. The third kappa shape index (κ3) is 2.11. The molecule has 1 aliphatic rings. The zero-order valence-corrected chi connectivity index (χ0v) is 10.6. The predicted molar refractivity (Wildman–Crippen MR) is 66.9 cm³/mol. The van der Waals surface area contributed by atoms with E-state index in [4.69, 9.17) is 4.74 Å². The van der Waals surface area contributed by atoms with Crippen LogP contribution in [0.15, 0.2) is 12.1 Å². The molecule has 0 radical (unpaired) electrons. The smallest absolute Gasteiger partial charge is 0.296 e. The first-order valence-corrected chi connectivity index (χ1v) is 5.71. The summed E-state index contributed by atoms with van der Waals surface area (Å²) in [5.74, 6) is 0.379. The lowest BCUT2D eigenvalue weighted by atomic mass is 9.91. The van der Waals surface area contributed by atoms with E-state index < -0.39 is 16.6 Å². The molecule has 1 aliphatic heterocycles.